The summed E-state index contributed by atoms with van der Waals surface area (Å²) in [4.78, 5) is 27.9. The Bertz CT molecular complexity index is 1160. The predicted molar refractivity (Wildman–Crippen MR) is 132 cm³/mol. The number of hydrogen-bond acceptors (Lipinski definition) is 6. The molecule has 1 aromatic heterocycles. The van der Waals surface area contributed by atoms with Gasteiger partial charge < -0.3 is 19.3 Å². The van der Waals surface area contributed by atoms with Crippen molar-refractivity contribution in [1.82, 2.24) is 24.9 Å². The number of carbonyl (C=O) groups excluding carboxylic acids is 2. The molecule has 1 atom stereocenters. The second kappa shape index (κ2) is 10.8. The number of rotatable bonds is 9. The van der Waals surface area contributed by atoms with E-state index in [4.69, 9.17) is 16.3 Å². The van der Waals surface area contributed by atoms with Crippen molar-refractivity contribution in [1.29, 1.82) is 0 Å². The minimum Gasteiger partial charge on any atom is -0.494 e. The first-order valence-electron chi connectivity index (χ1n) is 11.2. The molecule has 3 aromatic rings. The van der Waals surface area contributed by atoms with Crippen LogP contribution in [0.15, 0.2) is 54.6 Å². The summed E-state index contributed by atoms with van der Waals surface area (Å²) in [5.41, 5.74) is 2.63. The van der Waals surface area contributed by atoms with Gasteiger partial charge in [0.15, 0.2) is 5.69 Å². The molecule has 9 heteroatoms. The van der Waals surface area contributed by atoms with Crippen molar-refractivity contribution in [3.8, 4) is 22.7 Å². The standard InChI is InChI=1S/C25H28ClN5O3/c1-29(2)10-5-11-34-22-9-3-6-18(12-22)24-14-23(25(33)30-15-20(16-32)27-17-30)28-31(24)21-8-4-7-19(26)13-21/h3-4,6-9,12-14,16,20,27H,5,10-11,15,17H2,1-2H3. The lowest BCUT2D eigenvalue weighted by Crippen LogP contribution is -2.30. The molecular formula is C25H28ClN5O3. The van der Waals surface area contributed by atoms with Crippen LogP contribution in [0.25, 0.3) is 16.9 Å². The van der Waals surface area contributed by atoms with Gasteiger partial charge in [-0.25, -0.2) is 4.68 Å². The number of hydrogen-bond donors (Lipinski definition) is 1. The fourth-order valence-corrected chi connectivity index (χ4v) is 4.00. The third kappa shape index (κ3) is 5.64. The molecule has 1 amide bonds. The molecule has 0 bridgehead atoms. The van der Waals surface area contributed by atoms with Crippen molar-refractivity contribution < 1.29 is 14.3 Å². The normalized spacial score (nSPS) is 15.6. The maximum absolute atomic E-state index is 13.1. The Hall–Kier alpha value is -3.20. The molecule has 1 aliphatic heterocycles. The van der Waals surface area contributed by atoms with Crippen LogP contribution in [0.3, 0.4) is 0 Å². The van der Waals surface area contributed by atoms with Crippen molar-refractivity contribution in [2.75, 3.05) is 40.5 Å². The molecule has 0 radical (unpaired) electrons. The number of amides is 1. The number of benzene rings is 2. The van der Waals surface area contributed by atoms with E-state index in [1.54, 1.807) is 27.8 Å². The highest BCUT2D eigenvalue weighted by atomic mass is 35.5. The summed E-state index contributed by atoms with van der Waals surface area (Å²) in [6.45, 7) is 2.18. The van der Waals surface area contributed by atoms with Gasteiger partial charge in [0.05, 0.1) is 30.7 Å². The molecule has 2 heterocycles. The lowest BCUT2D eigenvalue weighted by Gasteiger charge is -2.12. The van der Waals surface area contributed by atoms with E-state index in [0.29, 0.717) is 30.5 Å². The Kier molecular flexibility index (Phi) is 7.62. The van der Waals surface area contributed by atoms with Crippen LogP contribution in [-0.4, -0.2) is 78.3 Å². The van der Waals surface area contributed by atoms with Gasteiger partial charge in [0.25, 0.3) is 5.91 Å². The molecule has 2 aromatic carbocycles. The molecular weight excluding hydrogens is 454 g/mol. The van der Waals surface area contributed by atoms with Gasteiger partial charge in [-0.15, -0.1) is 0 Å². The first kappa shape index (κ1) is 23.9. The maximum Gasteiger partial charge on any atom is 0.275 e. The van der Waals surface area contributed by atoms with E-state index in [9.17, 15) is 9.59 Å². The van der Waals surface area contributed by atoms with Gasteiger partial charge in [-0.2, -0.15) is 5.10 Å². The molecule has 1 fully saturated rings. The zero-order valence-electron chi connectivity index (χ0n) is 19.3. The Balaban J connectivity index is 1.65. The number of carbonyl (C=O) groups is 2. The molecule has 178 valence electrons. The smallest absolute Gasteiger partial charge is 0.275 e. The summed E-state index contributed by atoms with van der Waals surface area (Å²) >= 11 is 6.24. The molecule has 0 saturated carbocycles. The summed E-state index contributed by atoms with van der Waals surface area (Å²) in [5.74, 6) is 0.510. The summed E-state index contributed by atoms with van der Waals surface area (Å²) < 4.78 is 7.66. The number of halogens is 1. The minimum absolute atomic E-state index is 0.241. The zero-order valence-corrected chi connectivity index (χ0v) is 20.0. The van der Waals surface area contributed by atoms with Crippen molar-refractivity contribution >= 4 is 23.8 Å². The Morgan fingerprint density at radius 3 is 2.79 bits per heavy atom. The van der Waals surface area contributed by atoms with Crippen molar-refractivity contribution in [2.24, 2.45) is 0 Å². The third-order valence-electron chi connectivity index (χ3n) is 5.54. The monoisotopic (exact) mass is 481 g/mol. The highest BCUT2D eigenvalue weighted by molar-refractivity contribution is 6.30. The highest BCUT2D eigenvalue weighted by Gasteiger charge is 2.28. The number of aromatic nitrogens is 2. The molecule has 4 rings (SSSR count). The van der Waals surface area contributed by atoms with Gasteiger partial charge in [-0.1, -0.05) is 29.8 Å². The Morgan fingerprint density at radius 2 is 2.06 bits per heavy atom. The van der Waals surface area contributed by atoms with Crippen LogP contribution in [0.5, 0.6) is 5.75 Å². The molecule has 1 saturated heterocycles. The summed E-state index contributed by atoms with van der Waals surface area (Å²) in [7, 11) is 4.07. The number of nitrogens with one attached hydrogen (secondary N) is 1. The highest BCUT2D eigenvalue weighted by Crippen LogP contribution is 2.29. The summed E-state index contributed by atoms with van der Waals surface area (Å²) in [6, 6.07) is 16.5. The Morgan fingerprint density at radius 1 is 1.24 bits per heavy atom. The van der Waals surface area contributed by atoms with Gasteiger partial charge in [0.2, 0.25) is 0 Å². The average molecular weight is 482 g/mol. The van der Waals surface area contributed by atoms with Crippen LogP contribution in [0.4, 0.5) is 0 Å². The van der Waals surface area contributed by atoms with E-state index in [2.05, 4.69) is 15.3 Å². The van der Waals surface area contributed by atoms with Crippen LogP contribution in [0.1, 0.15) is 16.9 Å². The molecule has 34 heavy (non-hydrogen) atoms. The van der Waals surface area contributed by atoms with E-state index >= 15 is 0 Å². The van der Waals surface area contributed by atoms with E-state index in [-0.39, 0.29) is 11.9 Å². The van der Waals surface area contributed by atoms with Gasteiger partial charge >= 0.3 is 0 Å². The molecule has 1 N–H and O–H groups in total. The van der Waals surface area contributed by atoms with Crippen molar-refractivity contribution in [3.05, 3.63) is 65.3 Å². The zero-order chi connectivity index (χ0) is 24.1. The lowest BCUT2D eigenvalue weighted by molar-refractivity contribution is -0.109. The third-order valence-corrected chi connectivity index (χ3v) is 5.78. The van der Waals surface area contributed by atoms with Crippen LogP contribution < -0.4 is 10.1 Å². The van der Waals surface area contributed by atoms with Crippen LogP contribution in [0, 0.1) is 0 Å². The summed E-state index contributed by atoms with van der Waals surface area (Å²) in [6.07, 6.45) is 1.73. The van der Waals surface area contributed by atoms with E-state index in [0.717, 1.165) is 41.9 Å². The first-order valence-corrected chi connectivity index (χ1v) is 11.5. The predicted octanol–water partition coefficient (Wildman–Crippen LogP) is 3.09. The number of ether oxygens (including phenoxy) is 1. The quantitative estimate of drug-likeness (QED) is 0.374. The Labute approximate surface area is 204 Å². The fourth-order valence-electron chi connectivity index (χ4n) is 3.81. The topological polar surface area (TPSA) is 79.7 Å². The van der Waals surface area contributed by atoms with Crippen molar-refractivity contribution in [3.63, 3.8) is 0 Å². The molecule has 8 nitrogen and oxygen atoms in total. The van der Waals surface area contributed by atoms with Crippen LogP contribution in [0.2, 0.25) is 5.02 Å². The first-order chi connectivity index (χ1) is 16.4. The SMILES string of the molecule is CN(C)CCCOc1cccc(-c2cc(C(=O)N3CNC(C=O)C3)nn2-c2cccc(Cl)c2)c1. The van der Waals surface area contributed by atoms with Gasteiger partial charge in [0, 0.05) is 23.7 Å². The van der Waals surface area contributed by atoms with E-state index < -0.39 is 0 Å². The maximum atomic E-state index is 13.1. The van der Waals surface area contributed by atoms with Gasteiger partial charge in [-0.3, -0.25) is 10.1 Å². The summed E-state index contributed by atoms with van der Waals surface area (Å²) in [5, 5.41) is 8.20. The molecule has 1 unspecified atom stereocenters. The number of nitrogens with zero attached hydrogens (tertiary/aromatic N) is 4. The largest absolute Gasteiger partial charge is 0.494 e. The van der Waals surface area contributed by atoms with Crippen molar-refractivity contribution in [2.45, 2.75) is 12.5 Å². The fraction of sp³-hybridized carbons (Fsp3) is 0.320. The van der Waals surface area contributed by atoms with E-state index in [1.807, 2.05) is 50.5 Å². The second-order valence-electron chi connectivity index (χ2n) is 8.47. The number of aldehydes is 1. The minimum atomic E-state index is -0.361. The second-order valence-corrected chi connectivity index (χ2v) is 8.91. The molecule has 0 aliphatic carbocycles. The van der Waals surface area contributed by atoms with Gasteiger partial charge in [-0.05, 0) is 56.9 Å². The molecule has 0 spiro atoms. The van der Waals surface area contributed by atoms with Gasteiger partial charge in [0.1, 0.15) is 12.0 Å². The van der Waals surface area contributed by atoms with Crippen LogP contribution >= 0.6 is 11.6 Å². The van der Waals surface area contributed by atoms with Crippen LogP contribution in [-0.2, 0) is 4.79 Å². The molecule has 1 aliphatic rings. The lowest BCUT2D eigenvalue weighted by atomic mass is 10.1. The van der Waals surface area contributed by atoms with E-state index in [1.165, 1.54) is 0 Å². The average Bonchev–Trinajstić information content (AvgIpc) is 3.49.